The van der Waals surface area contributed by atoms with E-state index >= 15 is 0 Å². The maximum atomic E-state index is 11.5. The summed E-state index contributed by atoms with van der Waals surface area (Å²) in [5.41, 5.74) is 8.85. The van der Waals surface area contributed by atoms with Crippen molar-refractivity contribution in [3.8, 4) is 0 Å². The van der Waals surface area contributed by atoms with Gasteiger partial charge >= 0.3 is 0 Å². The molecule has 0 aliphatic carbocycles. The van der Waals surface area contributed by atoms with Crippen molar-refractivity contribution in [2.45, 2.75) is 13.5 Å². The highest BCUT2D eigenvalue weighted by Crippen LogP contribution is 2.21. The zero-order valence-electron chi connectivity index (χ0n) is 10.9. The van der Waals surface area contributed by atoms with Crippen molar-refractivity contribution in [1.29, 1.82) is 0 Å². The summed E-state index contributed by atoms with van der Waals surface area (Å²) in [6.07, 6.45) is 0. The van der Waals surface area contributed by atoms with E-state index in [2.05, 4.69) is 15.6 Å². The molecule has 2 rings (SSSR count). The summed E-state index contributed by atoms with van der Waals surface area (Å²) in [4.78, 5) is 15.8. The van der Waals surface area contributed by atoms with Crippen LogP contribution in [0.3, 0.4) is 0 Å². The zero-order valence-corrected chi connectivity index (χ0v) is 11.7. The molecule has 0 atom stereocenters. The van der Waals surface area contributed by atoms with E-state index in [4.69, 9.17) is 5.73 Å². The Morgan fingerprint density at radius 2 is 2.26 bits per heavy atom. The molecule has 6 heteroatoms. The molecule has 0 aliphatic rings. The summed E-state index contributed by atoms with van der Waals surface area (Å²) >= 11 is 1.61. The highest BCUT2D eigenvalue weighted by atomic mass is 32.1. The largest absolute Gasteiger partial charge is 0.397 e. The lowest BCUT2D eigenvalue weighted by Gasteiger charge is -2.09. The van der Waals surface area contributed by atoms with Gasteiger partial charge in [-0.15, -0.1) is 11.3 Å². The number of benzene rings is 1. The number of hydrogen-bond donors (Lipinski definition) is 3. The fourth-order valence-corrected chi connectivity index (χ4v) is 2.38. The Labute approximate surface area is 115 Å². The summed E-state index contributed by atoms with van der Waals surface area (Å²) in [6.45, 7) is 2.59. The van der Waals surface area contributed by atoms with Gasteiger partial charge in [0.1, 0.15) is 5.01 Å². The van der Waals surface area contributed by atoms with E-state index in [1.54, 1.807) is 36.6 Å². The number of nitrogens with zero attached hydrogens (tertiary/aromatic N) is 1. The molecule has 100 valence electrons. The average Bonchev–Trinajstić information content (AvgIpc) is 2.82. The highest BCUT2D eigenvalue weighted by Gasteiger charge is 2.07. The number of hydrogen-bond acceptors (Lipinski definition) is 5. The van der Waals surface area contributed by atoms with Gasteiger partial charge in [0.15, 0.2) is 0 Å². The second-order valence-corrected chi connectivity index (χ2v) is 5.06. The van der Waals surface area contributed by atoms with E-state index in [1.807, 2.05) is 12.3 Å². The Morgan fingerprint density at radius 3 is 2.84 bits per heavy atom. The molecule has 0 aliphatic heterocycles. The Hall–Kier alpha value is -2.08. The second kappa shape index (κ2) is 5.71. The number of nitrogens with two attached hydrogens (primary N) is 1. The van der Waals surface area contributed by atoms with E-state index in [9.17, 15) is 4.79 Å². The number of nitrogens with one attached hydrogen (secondary N) is 2. The number of carbonyl (C=O) groups is 1. The van der Waals surface area contributed by atoms with Gasteiger partial charge in [-0.2, -0.15) is 0 Å². The molecule has 1 aromatic carbocycles. The smallest absolute Gasteiger partial charge is 0.251 e. The summed E-state index contributed by atoms with van der Waals surface area (Å²) in [6, 6.07) is 5.21. The molecule has 0 saturated carbocycles. The van der Waals surface area contributed by atoms with Crippen LogP contribution in [0.25, 0.3) is 0 Å². The molecule has 0 unspecified atom stereocenters. The van der Waals surface area contributed by atoms with E-state index in [1.165, 1.54) is 0 Å². The molecule has 5 nitrogen and oxygen atoms in total. The topological polar surface area (TPSA) is 80.0 Å². The van der Waals surface area contributed by atoms with Crippen LogP contribution in [0.2, 0.25) is 0 Å². The van der Waals surface area contributed by atoms with Gasteiger partial charge in [-0.05, 0) is 25.1 Å². The fraction of sp³-hybridized carbons (Fsp3) is 0.231. The van der Waals surface area contributed by atoms with Gasteiger partial charge in [0.25, 0.3) is 5.91 Å². The molecule has 2 aromatic rings. The standard InChI is InChI=1S/C13H16N4OS/c1-8-7-19-12(17-8)6-16-11-4-3-9(5-10(11)14)13(18)15-2/h3-5,7,16H,6,14H2,1-2H3,(H,15,18). The van der Waals surface area contributed by atoms with E-state index in [-0.39, 0.29) is 5.91 Å². The lowest BCUT2D eigenvalue weighted by atomic mass is 10.1. The van der Waals surface area contributed by atoms with Crippen LogP contribution in [0.1, 0.15) is 21.1 Å². The molecule has 1 amide bonds. The van der Waals surface area contributed by atoms with Crippen molar-refractivity contribution in [3.63, 3.8) is 0 Å². The fourth-order valence-electron chi connectivity index (χ4n) is 1.66. The maximum absolute atomic E-state index is 11.5. The van der Waals surface area contributed by atoms with Crippen molar-refractivity contribution in [2.75, 3.05) is 18.1 Å². The molecule has 0 spiro atoms. The first-order valence-electron chi connectivity index (χ1n) is 5.86. The second-order valence-electron chi connectivity index (χ2n) is 4.12. The zero-order chi connectivity index (χ0) is 13.8. The summed E-state index contributed by atoms with van der Waals surface area (Å²) in [5, 5.41) is 8.80. The number of amides is 1. The molecule has 19 heavy (non-hydrogen) atoms. The van der Waals surface area contributed by atoms with E-state index in [0.717, 1.165) is 16.4 Å². The van der Waals surface area contributed by atoms with Crippen LogP contribution in [-0.4, -0.2) is 17.9 Å². The number of carbonyl (C=O) groups excluding carboxylic acids is 1. The Morgan fingerprint density at radius 1 is 1.47 bits per heavy atom. The van der Waals surface area contributed by atoms with Crippen LogP contribution in [0.4, 0.5) is 11.4 Å². The first kappa shape index (κ1) is 13.4. The van der Waals surface area contributed by atoms with Gasteiger partial charge in [0.05, 0.1) is 17.9 Å². The highest BCUT2D eigenvalue weighted by molar-refractivity contribution is 7.09. The van der Waals surface area contributed by atoms with E-state index in [0.29, 0.717) is 17.8 Å². The Kier molecular flexibility index (Phi) is 4.01. The molecule has 0 radical (unpaired) electrons. The van der Waals surface area contributed by atoms with Crippen molar-refractivity contribution in [3.05, 3.63) is 39.8 Å². The van der Waals surface area contributed by atoms with Crippen LogP contribution in [0.15, 0.2) is 23.6 Å². The molecular weight excluding hydrogens is 260 g/mol. The Bertz CT molecular complexity index is 594. The van der Waals surface area contributed by atoms with Crippen LogP contribution in [0.5, 0.6) is 0 Å². The SMILES string of the molecule is CNC(=O)c1ccc(NCc2nc(C)cs2)c(N)c1. The first-order chi connectivity index (χ1) is 9.10. The number of rotatable bonds is 4. The lowest BCUT2D eigenvalue weighted by molar-refractivity contribution is 0.0963. The third kappa shape index (κ3) is 3.23. The molecule has 1 heterocycles. The Balaban J connectivity index is 2.07. The summed E-state index contributed by atoms with van der Waals surface area (Å²) in [5.74, 6) is -0.145. The number of thiazole rings is 1. The number of aromatic nitrogens is 1. The number of aryl methyl sites for hydroxylation is 1. The molecule has 4 N–H and O–H groups in total. The van der Waals surface area contributed by atoms with Gasteiger partial charge in [0.2, 0.25) is 0 Å². The average molecular weight is 276 g/mol. The molecule has 0 fully saturated rings. The van der Waals surface area contributed by atoms with E-state index < -0.39 is 0 Å². The normalized spacial score (nSPS) is 10.2. The van der Waals surface area contributed by atoms with Crippen LogP contribution >= 0.6 is 11.3 Å². The number of nitrogen functional groups attached to an aromatic ring is 1. The van der Waals surface area contributed by atoms with Gasteiger partial charge in [-0.1, -0.05) is 0 Å². The van der Waals surface area contributed by atoms with Crippen molar-refractivity contribution in [1.82, 2.24) is 10.3 Å². The van der Waals surface area contributed by atoms with Gasteiger partial charge in [0, 0.05) is 23.7 Å². The third-order valence-corrected chi connectivity index (χ3v) is 3.60. The van der Waals surface area contributed by atoms with Crippen LogP contribution in [0, 0.1) is 6.92 Å². The van der Waals surface area contributed by atoms with Crippen LogP contribution in [-0.2, 0) is 6.54 Å². The first-order valence-corrected chi connectivity index (χ1v) is 6.74. The molecule has 0 saturated heterocycles. The van der Waals surface area contributed by atoms with Crippen molar-refractivity contribution in [2.24, 2.45) is 0 Å². The monoisotopic (exact) mass is 276 g/mol. The quantitative estimate of drug-likeness (QED) is 0.746. The minimum absolute atomic E-state index is 0.145. The summed E-state index contributed by atoms with van der Waals surface area (Å²) in [7, 11) is 1.59. The van der Waals surface area contributed by atoms with Crippen molar-refractivity contribution < 1.29 is 4.79 Å². The molecular formula is C13H16N4OS. The molecule has 1 aromatic heterocycles. The van der Waals surface area contributed by atoms with Gasteiger partial charge < -0.3 is 16.4 Å². The lowest BCUT2D eigenvalue weighted by Crippen LogP contribution is -2.18. The van der Waals surface area contributed by atoms with Gasteiger partial charge in [-0.25, -0.2) is 4.98 Å². The van der Waals surface area contributed by atoms with Gasteiger partial charge in [-0.3, -0.25) is 4.79 Å². The molecule has 0 bridgehead atoms. The predicted molar refractivity (Wildman–Crippen MR) is 78.4 cm³/mol. The minimum atomic E-state index is -0.145. The number of anilines is 2. The maximum Gasteiger partial charge on any atom is 0.251 e. The minimum Gasteiger partial charge on any atom is -0.397 e. The van der Waals surface area contributed by atoms with Crippen LogP contribution < -0.4 is 16.4 Å². The third-order valence-electron chi connectivity index (χ3n) is 2.64. The predicted octanol–water partition coefficient (Wildman–Crippen LogP) is 2.01. The summed E-state index contributed by atoms with van der Waals surface area (Å²) < 4.78 is 0. The van der Waals surface area contributed by atoms with Crippen molar-refractivity contribution >= 4 is 28.6 Å².